The molecule has 0 bridgehead atoms. The van der Waals surface area contributed by atoms with Crippen molar-refractivity contribution in [3.8, 4) is 0 Å². The van der Waals surface area contributed by atoms with Gasteiger partial charge in [0, 0.05) is 17.0 Å². The number of carbonyl (C=O) groups is 2. The van der Waals surface area contributed by atoms with Gasteiger partial charge in [-0.1, -0.05) is 35.9 Å². The smallest absolute Gasteiger partial charge is 0.295 e. The molecule has 3 rings (SSSR count). The number of ketones is 1. The van der Waals surface area contributed by atoms with E-state index in [0.29, 0.717) is 12.1 Å². The minimum atomic E-state index is -0.615. The van der Waals surface area contributed by atoms with E-state index in [4.69, 9.17) is 0 Å². The monoisotopic (exact) mass is 384 g/mol. The third-order valence-corrected chi connectivity index (χ3v) is 5.61. The van der Waals surface area contributed by atoms with Crippen LogP contribution in [0.25, 0.3) is 5.76 Å². The molecule has 142 valence electrons. The molecule has 2 aromatic rings. The van der Waals surface area contributed by atoms with Gasteiger partial charge in [0.2, 0.25) is 0 Å². The largest absolute Gasteiger partial charge is 0.507 e. The van der Waals surface area contributed by atoms with E-state index in [1.807, 2.05) is 55.6 Å². The average Bonchev–Trinajstić information content (AvgIpc) is 3.24. The molecule has 1 amide bonds. The number of Topliss-reactive ketones (excluding diaryl/α,β-unsaturated/α-hetero) is 1. The van der Waals surface area contributed by atoms with Crippen molar-refractivity contribution >= 4 is 28.8 Å². The van der Waals surface area contributed by atoms with Gasteiger partial charge in [-0.15, -0.1) is 11.3 Å². The summed E-state index contributed by atoms with van der Waals surface area (Å²) in [6.45, 7) is 3.24. The van der Waals surface area contributed by atoms with Crippen molar-refractivity contribution in [2.75, 3.05) is 27.2 Å². The quantitative estimate of drug-likeness (QED) is 0.471. The molecule has 0 radical (unpaired) electrons. The predicted octanol–water partition coefficient (Wildman–Crippen LogP) is 3.43. The number of nitrogens with zero attached hydrogens (tertiary/aromatic N) is 2. The van der Waals surface area contributed by atoms with Crippen LogP contribution >= 0.6 is 11.3 Å². The van der Waals surface area contributed by atoms with Crippen molar-refractivity contribution in [3.63, 3.8) is 0 Å². The van der Waals surface area contributed by atoms with E-state index in [9.17, 15) is 14.7 Å². The molecular weight excluding hydrogens is 360 g/mol. The molecule has 0 spiro atoms. The van der Waals surface area contributed by atoms with Gasteiger partial charge in [-0.3, -0.25) is 9.59 Å². The van der Waals surface area contributed by atoms with Crippen LogP contribution in [0.5, 0.6) is 0 Å². The van der Waals surface area contributed by atoms with Crippen LogP contribution in [0.1, 0.15) is 28.5 Å². The molecular formula is C21H24N2O3S. The first-order chi connectivity index (χ1) is 12.9. The van der Waals surface area contributed by atoms with Gasteiger partial charge in [0.05, 0.1) is 11.6 Å². The molecule has 1 N–H and O–H groups in total. The highest BCUT2D eigenvalue weighted by molar-refractivity contribution is 7.10. The highest BCUT2D eigenvalue weighted by atomic mass is 32.1. The first-order valence-electron chi connectivity index (χ1n) is 8.93. The maximum Gasteiger partial charge on any atom is 0.295 e. The van der Waals surface area contributed by atoms with Crippen LogP contribution in [0.2, 0.25) is 0 Å². The number of likely N-dealkylation sites (tertiary alicyclic amines) is 1. The zero-order valence-corrected chi connectivity index (χ0v) is 16.6. The lowest BCUT2D eigenvalue weighted by molar-refractivity contribution is -0.139. The molecule has 1 aliphatic rings. The lowest BCUT2D eigenvalue weighted by atomic mass is 9.99. The summed E-state index contributed by atoms with van der Waals surface area (Å²) in [5.74, 6) is -1.26. The number of benzene rings is 1. The number of aryl methyl sites for hydroxylation is 1. The van der Waals surface area contributed by atoms with E-state index in [2.05, 4.69) is 0 Å². The van der Waals surface area contributed by atoms with Crippen molar-refractivity contribution in [1.82, 2.24) is 9.80 Å². The molecule has 0 aliphatic carbocycles. The topological polar surface area (TPSA) is 60.9 Å². The van der Waals surface area contributed by atoms with Gasteiger partial charge in [0.25, 0.3) is 11.7 Å². The second-order valence-electron chi connectivity index (χ2n) is 7.03. The second kappa shape index (κ2) is 8.06. The van der Waals surface area contributed by atoms with Gasteiger partial charge in [-0.2, -0.15) is 0 Å². The minimum Gasteiger partial charge on any atom is -0.507 e. The summed E-state index contributed by atoms with van der Waals surface area (Å²) >= 11 is 1.48. The number of aliphatic hydroxyl groups is 1. The Morgan fingerprint density at radius 1 is 1.19 bits per heavy atom. The van der Waals surface area contributed by atoms with E-state index in [-0.39, 0.29) is 11.3 Å². The molecule has 1 aromatic heterocycles. The first-order valence-corrected chi connectivity index (χ1v) is 9.81. The van der Waals surface area contributed by atoms with Crippen LogP contribution in [0.15, 0.2) is 47.4 Å². The van der Waals surface area contributed by atoms with Crippen LogP contribution in [-0.4, -0.2) is 53.8 Å². The standard InChI is InChI=1S/C21H24N2O3S/c1-14-7-9-15(10-8-14)19(24)17-18(16-6-4-13-27-16)23(21(26)20(17)25)12-5-11-22(2)3/h4,6-10,13,18,24H,5,11-12H2,1-3H3/b19-17+. The van der Waals surface area contributed by atoms with Crippen molar-refractivity contribution in [3.05, 3.63) is 63.4 Å². The van der Waals surface area contributed by atoms with Gasteiger partial charge in [-0.25, -0.2) is 0 Å². The molecule has 0 saturated carbocycles. The Morgan fingerprint density at radius 3 is 2.48 bits per heavy atom. The molecule has 1 aromatic carbocycles. The Hall–Kier alpha value is -2.44. The maximum atomic E-state index is 12.8. The van der Waals surface area contributed by atoms with Crippen LogP contribution in [0, 0.1) is 6.92 Å². The molecule has 6 heteroatoms. The summed E-state index contributed by atoms with van der Waals surface area (Å²) in [5.41, 5.74) is 1.79. The molecule has 1 fully saturated rings. The fraction of sp³-hybridized carbons (Fsp3) is 0.333. The van der Waals surface area contributed by atoms with Gasteiger partial charge in [0.15, 0.2) is 0 Å². The summed E-state index contributed by atoms with van der Waals surface area (Å²) in [6.07, 6.45) is 0.756. The van der Waals surface area contributed by atoms with Crippen molar-refractivity contribution in [1.29, 1.82) is 0 Å². The van der Waals surface area contributed by atoms with Gasteiger partial charge < -0.3 is 14.9 Å². The number of thiophene rings is 1. The zero-order valence-electron chi connectivity index (χ0n) is 15.8. The highest BCUT2D eigenvalue weighted by Crippen LogP contribution is 2.41. The van der Waals surface area contributed by atoms with Crippen LogP contribution in [0.3, 0.4) is 0 Å². The minimum absolute atomic E-state index is 0.109. The zero-order chi connectivity index (χ0) is 19.6. The Kier molecular flexibility index (Phi) is 5.77. The van der Waals surface area contributed by atoms with Crippen LogP contribution in [-0.2, 0) is 9.59 Å². The van der Waals surface area contributed by atoms with Gasteiger partial charge in [0.1, 0.15) is 5.76 Å². The molecule has 1 aliphatic heterocycles. The molecule has 27 heavy (non-hydrogen) atoms. The van der Waals surface area contributed by atoms with Crippen molar-refractivity contribution in [2.24, 2.45) is 0 Å². The molecule has 1 unspecified atom stereocenters. The molecule has 5 nitrogen and oxygen atoms in total. The number of carbonyl (C=O) groups excluding carboxylic acids is 2. The average molecular weight is 385 g/mol. The summed E-state index contributed by atoms with van der Waals surface area (Å²) in [4.78, 5) is 30.0. The Bertz CT molecular complexity index is 854. The number of hydrogen-bond acceptors (Lipinski definition) is 5. The van der Waals surface area contributed by atoms with Crippen molar-refractivity contribution < 1.29 is 14.7 Å². The Morgan fingerprint density at radius 2 is 1.89 bits per heavy atom. The van der Waals surface area contributed by atoms with E-state index in [1.54, 1.807) is 17.0 Å². The summed E-state index contributed by atoms with van der Waals surface area (Å²) in [6, 6.07) is 10.6. The number of hydrogen-bond donors (Lipinski definition) is 1. The van der Waals surface area contributed by atoms with E-state index >= 15 is 0 Å². The van der Waals surface area contributed by atoms with E-state index < -0.39 is 17.7 Å². The summed E-state index contributed by atoms with van der Waals surface area (Å²) in [7, 11) is 3.95. The van der Waals surface area contributed by atoms with E-state index in [0.717, 1.165) is 23.4 Å². The third-order valence-electron chi connectivity index (χ3n) is 4.68. The normalized spacial score (nSPS) is 19.3. The highest BCUT2D eigenvalue weighted by Gasteiger charge is 2.46. The fourth-order valence-electron chi connectivity index (χ4n) is 3.28. The van der Waals surface area contributed by atoms with Gasteiger partial charge >= 0.3 is 0 Å². The lowest BCUT2D eigenvalue weighted by Crippen LogP contribution is -2.32. The van der Waals surface area contributed by atoms with E-state index in [1.165, 1.54) is 11.3 Å². The van der Waals surface area contributed by atoms with Crippen LogP contribution in [0.4, 0.5) is 0 Å². The Balaban J connectivity index is 2.03. The number of rotatable bonds is 6. The predicted molar refractivity (Wildman–Crippen MR) is 108 cm³/mol. The number of amides is 1. The molecule has 2 heterocycles. The third kappa shape index (κ3) is 3.96. The van der Waals surface area contributed by atoms with Crippen molar-refractivity contribution in [2.45, 2.75) is 19.4 Å². The van der Waals surface area contributed by atoms with Crippen LogP contribution < -0.4 is 0 Å². The van der Waals surface area contributed by atoms with Gasteiger partial charge in [-0.05, 0) is 45.4 Å². The summed E-state index contributed by atoms with van der Waals surface area (Å²) < 4.78 is 0. The maximum absolute atomic E-state index is 12.8. The summed E-state index contributed by atoms with van der Waals surface area (Å²) in [5, 5.41) is 12.8. The molecule has 1 atom stereocenters. The lowest BCUT2D eigenvalue weighted by Gasteiger charge is -2.24. The first kappa shape index (κ1) is 19.3. The SMILES string of the molecule is Cc1ccc(/C(O)=C2\C(=O)C(=O)N(CCCN(C)C)C2c2cccs2)cc1. The number of aliphatic hydroxyl groups excluding tert-OH is 1. The fourth-order valence-corrected chi connectivity index (χ4v) is 4.12. The Labute approximate surface area is 163 Å². The molecule has 1 saturated heterocycles. The second-order valence-corrected chi connectivity index (χ2v) is 8.01.